The third kappa shape index (κ3) is 5.30. The molecule has 1 saturated heterocycles. The van der Waals surface area contributed by atoms with Crippen LogP contribution in [0.1, 0.15) is 24.5 Å². The van der Waals surface area contributed by atoms with Gasteiger partial charge in [0.2, 0.25) is 0 Å². The van der Waals surface area contributed by atoms with Gasteiger partial charge in [0.25, 0.3) is 5.91 Å². The Bertz CT molecular complexity index is 746. The van der Waals surface area contributed by atoms with E-state index in [1.54, 1.807) is 0 Å². The molecule has 1 aliphatic rings. The Labute approximate surface area is 160 Å². The predicted octanol–water partition coefficient (Wildman–Crippen LogP) is 3.64. The molecule has 27 heavy (non-hydrogen) atoms. The highest BCUT2D eigenvalue weighted by Crippen LogP contribution is 2.17. The second-order valence-corrected chi connectivity index (χ2v) is 7.11. The summed E-state index contributed by atoms with van der Waals surface area (Å²) in [5.41, 5.74) is 2.26. The van der Waals surface area contributed by atoms with Gasteiger partial charge in [0.05, 0.1) is 0 Å². The van der Waals surface area contributed by atoms with Crippen LogP contribution in [0.15, 0.2) is 48.5 Å². The standard InChI is InChI=1S/C22H27FN2O2/c1-3-20-15-24(14-18-6-8-19(23)9-7-18)12-13-25(20)22(26)16-27-21-10-4-17(2)5-11-21/h4-11,20H,3,12-16H2,1-2H3/t20-/m1/s1. The van der Waals surface area contributed by atoms with E-state index >= 15 is 0 Å². The van der Waals surface area contributed by atoms with Gasteiger partial charge in [-0.15, -0.1) is 0 Å². The molecule has 1 amide bonds. The lowest BCUT2D eigenvalue weighted by Crippen LogP contribution is -2.55. The number of nitrogens with zero attached hydrogens (tertiary/aromatic N) is 2. The molecule has 0 radical (unpaired) electrons. The largest absolute Gasteiger partial charge is 0.484 e. The number of aryl methyl sites for hydroxylation is 1. The van der Waals surface area contributed by atoms with Gasteiger partial charge in [0.1, 0.15) is 11.6 Å². The predicted molar refractivity (Wildman–Crippen MR) is 104 cm³/mol. The Kier molecular flexibility index (Phi) is 6.45. The van der Waals surface area contributed by atoms with Gasteiger partial charge in [-0.2, -0.15) is 0 Å². The molecule has 0 bridgehead atoms. The first-order chi connectivity index (χ1) is 13.0. The number of piperazine rings is 1. The van der Waals surface area contributed by atoms with Crippen molar-refractivity contribution < 1.29 is 13.9 Å². The summed E-state index contributed by atoms with van der Waals surface area (Å²) in [6.07, 6.45) is 0.899. The quantitative estimate of drug-likeness (QED) is 0.778. The molecule has 5 heteroatoms. The number of amides is 1. The fraction of sp³-hybridized carbons (Fsp3) is 0.409. The summed E-state index contributed by atoms with van der Waals surface area (Å²) in [4.78, 5) is 16.9. The minimum absolute atomic E-state index is 0.0313. The molecule has 4 nitrogen and oxygen atoms in total. The van der Waals surface area contributed by atoms with E-state index in [4.69, 9.17) is 4.74 Å². The highest BCUT2D eigenvalue weighted by atomic mass is 19.1. The molecule has 0 N–H and O–H groups in total. The number of hydrogen-bond acceptors (Lipinski definition) is 3. The first-order valence-electron chi connectivity index (χ1n) is 9.51. The number of benzene rings is 2. The van der Waals surface area contributed by atoms with Crippen LogP contribution in [-0.4, -0.2) is 48.0 Å². The molecule has 3 rings (SSSR count). The highest BCUT2D eigenvalue weighted by molar-refractivity contribution is 5.78. The van der Waals surface area contributed by atoms with E-state index in [-0.39, 0.29) is 24.4 Å². The lowest BCUT2D eigenvalue weighted by atomic mass is 10.1. The summed E-state index contributed by atoms with van der Waals surface area (Å²) in [6, 6.07) is 14.5. The topological polar surface area (TPSA) is 32.8 Å². The van der Waals surface area contributed by atoms with Crippen molar-refractivity contribution in [1.82, 2.24) is 9.80 Å². The fourth-order valence-electron chi connectivity index (χ4n) is 3.45. The van der Waals surface area contributed by atoms with Gasteiger partial charge in [-0.25, -0.2) is 4.39 Å². The van der Waals surface area contributed by atoms with Gasteiger partial charge in [0.15, 0.2) is 6.61 Å². The Balaban J connectivity index is 1.53. The van der Waals surface area contributed by atoms with Crippen LogP contribution < -0.4 is 4.74 Å². The van der Waals surface area contributed by atoms with Crippen molar-refractivity contribution in [3.63, 3.8) is 0 Å². The lowest BCUT2D eigenvalue weighted by Gasteiger charge is -2.41. The van der Waals surface area contributed by atoms with Crippen molar-refractivity contribution >= 4 is 5.91 Å². The van der Waals surface area contributed by atoms with Crippen LogP contribution in [0.5, 0.6) is 5.75 Å². The van der Waals surface area contributed by atoms with Crippen LogP contribution in [0.2, 0.25) is 0 Å². The van der Waals surface area contributed by atoms with E-state index in [2.05, 4.69) is 11.8 Å². The fourth-order valence-corrected chi connectivity index (χ4v) is 3.45. The van der Waals surface area contributed by atoms with Gasteiger partial charge in [-0.1, -0.05) is 36.8 Å². The molecule has 1 fully saturated rings. The van der Waals surface area contributed by atoms with Gasteiger partial charge in [0, 0.05) is 32.2 Å². The third-order valence-corrected chi connectivity index (χ3v) is 5.06. The summed E-state index contributed by atoms with van der Waals surface area (Å²) < 4.78 is 18.7. The first-order valence-corrected chi connectivity index (χ1v) is 9.51. The van der Waals surface area contributed by atoms with Crippen LogP contribution in [-0.2, 0) is 11.3 Å². The van der Waals surface area contributed by atoms with Crippen LogP contribution in [0.25, 0.3) is 0 Å². The SMILES string of the molecule is CC[C@@H]1CN(Cc2ccc(F)cc2)CCN1C(=O)COc1ccc(C)cc1. The summed E-state index contributed by atoms with van der Waals surface area (Å²) in [6.45, 7) is 7.29. The number of ether oxygens (including phenoxy) is 1. The van der Waals surface area contributed by atoms with E-state index in [0.29, 0.717) is 6.54 Å². The third-order valence-electron chi connectivity index (χ3n) is 5.06. The number of carbonyl (C=O) groups excluding carboxylic acids is 1. The average molecular weight is 370 g/mol. The first kappa shape index (κ1) is 19.4. The Morgan fingerprint density at radius 1 is 1.11 bits per heavy atom. The molecule has 2 aromatic carbocycles. The lowest BCUT2D eigenvalue weighted by molar-refractivity contribution is -0.138. The van der Waals surface area contributed by atoms with Crippen molar-refractivity contribution in [3.05, 3.63) is 65.5 Å². The molecule has 144 valence electrons. The molecule has 1 heterocycles. The summed E-state index contributed by atoms with van der Waals surface area (Å²) in [5, 5.41) is 0. The second-order valence-electron chi connectivity index (χ2n) is 7.11. The molecule has 0 saturated carbocycles. The smallest absolute Gasteiger partial charge is 0.260 e. The van der Waals surface area contributed by atoms with E-state index in [1.807, 2.05) is 48.2 Å². The van der Waals surface area contributed by atoms with Crippen molar-refractivity contribution in [3.8, 4) is 5.75 Å². The minimum atomic E-state index is -0.214. The molecule has 1 aliphatic heterocycles. The minimum Gasteiger partial charge on any atom is -0.484 e. The Morgan fingerprint density at radius 3 is 2.48 bits per heavy atom. The highest BCUT2D eigenvalue weighted by Gasteiger charge is 2.29. The normalized spacial score (nSPS) is 17.7. The zero-order valence-electron chi connectivity index (χ0n) is 16.0. The van der Waals surface area contributed by atoms with Gasteiger partial charge in [-0.05, 0) is 43.2 Å². The maximum Gasteiger partial charge on any atom is 0.260 e. The number of carbonyl (C=O) groups is 1. The molecule has 0 unspecified atom stereocenters. The van der Waals surface area contributed by atoms with E-state index in [9.17, 15) is 9.18 Å². The van der Waals surface area contributed by atoms with Crippen LogP contribution in [0, 0.1) is 12.7 Å². The van der Waals surface area contributed by atoms with E-state index in [1.165, 1.54) is 12.1 Å². The summed E-state index contributed by atoms with van der Waals surface area (Å²) >= 11 is 0. The summed E-state index contributed by atoms with van der Waals surface area (Å²) in [5.74, 6) is 0.537. The summed E-state index contributed by atoms with van der Waals surface area (Å²) in [7, 11) is 0. The molecule has 2 aromatic rings. The maximum absolute atomic E-state index is 13.1. The van der Waals surface area contributed by atoms with Crippen LogP contribution >= 0.6 is 0 Å². The molecular weight excluding hydrogens is 343 g/mol. The second kappa shape index (κ2) is 9.00. The molecule has 0 spiro atoms. The monoisotopic (exact) mass is 370 g/mol. The van der Waals surface area contributed by atoms with Gasteiger partial charge < -0.3 is 9.64 Å². The van der Waals surface area contributed by atoms with E-state index in [0.717, 1.165) is 42.9 Å². The number of halogens is 1. The zero-order valence-corrected chi connectivity index (χ0v) is 16.0. The van der Waals surface area contributed by atoms with Crippen molar-refractivity contribution in [2.24, 2.45) is 0 Å². The van der Waals surface area contributed by atoms with Gasteiger partial charge in [-0.3, -0.25) is 9.69 Å². The molecule has 0 aromatic heterocycles. The number of hydrogen-bond donors (Lipinski definition) is 0. The van der Waals surface area contributed by atoms with Gasteiger partial charge >= 0.3 is 0 Å². The average Bonchev–Trinajstić information content (AvgIpc) is 2.69. The van der Waals surface area contributed by atoms with Crippen LogP contribution in [0.4, 0.5) is 4.39 Å². The van der Waals surface area contributed by atoms with Crippen molar-refractivity contribution in [2.45, 2.75) is 32.9 Å². The van der Waals surface area contributed by atoms with E-state index < -0.39 is 0 Å². The molecular formula is C22H27FN2O2. The Morgan fingerprint density at radius 2 is 1.81 bits per heavy atom. The zero-order chi connectivity index (χ0) is 19.2. The Hall–Kier alpha value is -2.40. The molecule has 1 atom stereocenters. The van der Waals surface area contributed by atoms with Crippen molar-refractivity contribution in [2.75, 3.05) is 26.2 Å². The van der Waals surface area contributed by atoms with Crippen molar-refractivity contribution in [1.29, 1.82) is 0 Å². The van der Waals surface area contributed by atoms with Crippen LogP contribution in [0.3, 0.4) is 0 Å². The number of rotatable bonds is 6. The maximum atomic E-state index is 13.1. The molecule has 0 aliphatic carbocycles.